The lowest BCUT2D eigenvalue weighted by Gasteiger charge is -2.24. The first-order valence-corrected chi connectivity index (χ1v) is 6.79. The Morgan fingerprint density at radius 2 is 1.93 bits per heavy atom. The van der Waals surface area contributed by atoms with Crippen molar-refractivity contribution >= 4 is 0 Å². The monoisotopic (exact) mass is 209 g/mol. The zero-order chi connectivity index (χ0) is 10.9. The average Bonchev–Trinajstić information content (AvgIpc) is 2.71. The molecule has 0 aromatic carbocycles. The van der Waals surface area contributed by atoms with E-state index in [-0.39, 0.29) is 0 Å². The topological polar surface area (TPSA) is 12.0 Å². The number of hydrogen-bond acceptors (Lipinski definition) is 1. The Labute approximate surface area is 95.0 Å². The minimum atomic E-state index is 0.300. The van der Waals surface area contributed by atoms with Crippen LogP contribution in [0.3, 0.4) is 0 Å². The van der Waals surface area contributed by atoms with Crippen LogP contribution in [0.25, 0.3) is 0 Å². The van der Waals surface area contributed by atoms with Crippen molar-refractivity contribution in [2.75, 3.05) is 6.54 Å². The van der Waals surface area contributed by atoms with Crippen LogP contribution >= 0.6 is 0 Å². The van der Waals surface area contributed by atoms with Gasteiger partial charge in [-0.3, -0.25) is 0 Å². The van der Waals surface area contributed by atoms with E-state index < -0.39 is 0 Å². The molecule has 88 valence electrons. The van der Waals surface area contributed by atoms with Gasteiger partial charge in [-0.1, -0.05) is 6.42 Å². The van der Waals surface area contributed by atoms with Gasteiger partial charge < -0.3 is 5.32 Å². The largest absolute Gasteiger partial charge is 0.312 e. The first-order chi connectivity index (χ1) is 7.04. The van der Waals surface area contributed by atoms with Crippen molar-refractivity contribution in [3.63, 3.8) is 0 Å². The molecular weight excluding hydrogens is 182 g/mol. The smallest absolute Gasteiger partial charge is 0.00965 e. The highest BCUT2D eigenvalue weighted by Gasteiger charge is 2.38. The van der Waals surface area contributed by atoms with Gasteiger partial charge in [-0.15, -0.1) is 0 Å². The van der Waals surface area contributed by atoms with E-state index in [0.29, 0.717) is 5.54 Å². The maximum absolute atomic E-state index is 3.59. The molecule has 0 spiro atoms. The van der Waals surface area contributed by atoms with Crippen molar-refractivity contribution in [3.05, 3.63) is 0 Å². The minimum Gasteiger partial charge on any atom is -0.312 e. The molecule has 1 nitrogen and oxygen atoms in total. The zero-order valence-electron chi connectivity index (χ0n) is 10.7. The van der Waals surface area contributed by atoms with Crippen LogP contribution in [-0.2, 0) is 0 Å². The first kappa shape index (κ1) is 11.4. The molecule has 1 N–H and O–H groups in total. The molecule has 15 heavy (non-hydrogen) atoms. The molecule has 0 aromatic heterocycles. The standard InChI is InChI=1S/C14H27N/c1-14(2,3)15-8-4-5-12-9-11-6-7-13(12)10-11/h11-13,15H,4-10H2,1-3H3. The summed E-state index contributed by atoms with van der Waals surface area (Å²) < 4.78 is 0. The lowest BCUT2D eigenvalue weighted by molar-refractivity contribution is 0.300. The van der Waals surface area contributed by atoms with Crippen LogP contribution in [0, 0.1) is 17.8 Å². The van der Waals surface area contributed by atoms with Crippen LogP contribution in [0.15, 0.2) is 0 Å². The Morgan fingerprint density at radius 3 is 2.47 bits per heavy atom. The molecule has 2 aliphatic rings. The molecule has 3 unspecified atom stereocenters. The second-order valence-electron chi connectivity index (χ2n) is 6.75. The summed E-state index contributed by atoms with van der Waals surface area (Å²) in [6.45, 7) is 7.97. The molecule has 0 aliphatic heterocycles. The number of rotatable bonds is 4. The molecule has 2 rings (SSSR count). The molecule has 0 aromatic rings. The summed E-state index contributed by atoms with van der Waals surface area (Å²) in [6, 6.07) is 0. The predicted octanol–water partition coefficient (Wildman–Crippen LogP) is 3.59. The third kappa shape index (κ3) is 3.21. The van der Waals surface area contributed by atoms with E-state index in [2.05, 4.69) is 26.1 Å². The van der Waals surface area contributed by atoms with Crippen molar-refractivity contribution < 1.29 is 0 Å². The summed E-state index contributed by atoms with van der Waals surface area (Å²) in [7, 11) is 0. The molecule has 0 amide bonds. The van der Waals surface area contributed by atoms with E-state index in [1.165, 1.54) is 19.4 Å². The number of fused-ring (bicyclic) bond motifs is 2. The third-order valence-corrected chi connectivity index (χ3v) is 4.29. The molecule has 2 bridgehead atoms. The summed E-state index contributed by atoms with van der Waals surface area (Å²) >= 11 is 0. The highest BCUT2D eigenvalue weighted by Crippen LogP contribution is 2.49. The summed E-state index contributed by atoms with van der Waals surface area (Å²) in [5, 5.41) is 3.59. The van der Waals surface area contributed by atoms with E-state index in [4.69, 9.17) is 0 Å². The lowest BCUT2D eigenvalue weighted by atomic mass is 9.85. The van der Waals surface area contributed by atoms with Crippen molar-refractivity contribution in [1.29, 1.82) is 0 Å². The minimum absolute atomic E-state index is 0.300. The molecule has 2 aliphatic carbocycles. The van der Waals surface area contributed by atoms with Crippen molar-refractivity contribution in [2.45, 2.75) is 64.8 Å². The van der Waals surface area contributed by atoms with Gasteiger partial charge in [-0.2, -0.15) is 0 Å². The fourth-order valence-electron chi connectivity index (χ4n) is 3.56. The van der Waals surface area contributed by atoms with Gasteiger partial charge >= 0.3 is 0 Å². The van der Waals surface area contributed by atoms with E-state index in [0.717, 1.165) is 17.8 Å². The van der Waals surface area contributed by atoms with Gasteiger partial charge in [0.25, 0.3) is 0 Å². The fraction of sp³-hybridized carbons (Fsp3) is 1.00. The molecule has 1 heteroatoms. The van der Waals surface area contributed by atoms with E-state index in [1.807, 2.05) is 0 Å². The normalized spacial score (nSPS) is 35.0. The van der Waals surface area contributed by atoms with Crippen LogP contribution in [0.5, 0.6) is 0 Å². The van der Waals surface area contributed by atoms with Gasteiger partial charge in [-0.25, -0.2) is 0 Å². The van der Waals surface area contributed by atoms with Gasteiger partial charge in [0.2, 0.25) is 0 Å². The van der Waals surface area contributed by atoms with E-state index >= 15 is 0 Å². The van der Waals surface area contributed by atoms with Gasteiger partial charge in [0.15, 0.2) is 0 Å². The van der Waals surface area contributed by atoms with Crippen molar-refractivity contribution in [1.82, 2.24) is 5.32 Å². The Morgan fingerprint density at radius 1 is 1.13 bits per heavy atom. The van der Waals surface area contributed by atoms with Gasteiger partial charge in [0.05, 0.1) is 0 Å². The van der Waals surface area contributed by atoms with Gasteiger partial charge in [0.1, 0.15) is 0 Å². The zero-order valence-corrected chi connectivity index (χ0v) is 10.7. The van der Waals surface area contributed by atoms with Crippen LogP contribution in [0.4, 0.5) is 0 Å². The summed E-state index contributed by atoms with van der Waals surface area (Å²) in [4.78, 5) is 0. The molecule has 3 atom stereocenters. The van der Waals surface area contributed by atoms with Crippen molar-refractivity contribution in [3.8, 4) is 0 Å². The van der Waals surface area contributed by atoms with E-state index in [1.54, 1.807) is 25.7 Å². The van der Waals surface area contributed by atoms with Crippen LogP contribution in [0.2, 0.25) is 0 Å². The number of nitrogens with one attached hydrogen (secondary N) is 1. The third-order valence-electron chi connectivity index (χ3n) is 4.29. The maximum Gasteiger partial charge on any atom is 0.00965 e. The second kappa shape index (κ2) is 4.45. The highest BCUT2D eigenvalue weighted by atomic mass is 14.9. The average molecular weight is 209 g/mol. The highest BCUT2D eigenvalue weighted by molar-refractivity contribution is 4.89. The number of hydrogen-bond donors (Lipinski definition) is 1. The van der Waals surface area contributed by atoms with Crippen LogP contribution in [-0.4, -0.2) is 12.1 Å². The van der Waals surface area contributed by atoms with E-state index in [9.17, 15) is 0 Å². The molecule has 0 radical (unpaired) electrons. The summed E-state index contributed by atoms with van der Waals surface area (Å²) in [5.74, 6) is 3.32. The Kier molecular flexibility index (Phi) is 3.39. The first-order valence-electron chi connectivity index (χ1n) is 6.79. The molecule has 2 saturated carbocycles. The Bertz CT molecular complexity index is 204. The quantitative estimate of drug-likeness (QED) is 0.698. The predicted molar refractivity (Wildman–Crippen MR) is 65.9 cm³/mol. The van der Waals surface area contributed by atoms with Crippen LogP contribution < -0.4 is 5.32 Å². The summed E-state index contributed by atoms with van der Waals surface area (Å²) in [5.41, 5.74) is 0.300. The second-order valence-corrected chi connectivity index (χ2v) is 6.75. The lowest BCUT2D eigenvalue weighted by Crippen LogP contribution is -2.36. The van der Waals surface area contributed by atoms with Gasteiger partial charge in [0, 0.05) is 5.54 Å². The molecule has 0 heterocycles. The fourth-order valence-corrected chi connectivity index (χ4v) is 3.56. The molecular formula is C14H27N. The molecule has 2 fully saturated rings. The Balaban J connectivity index is 1.59. The van der Waals surface area contributed by atoms with Gasteiger partial charge in [-0.05, 0) is 77.2 Å². The maximum atomic E-state index is 3.59. The Hall–Kier alpha value is -0.0400. The molecule has 0 saturated heterocycles. The summed E-state index contributed by atoms with van der Waals surface area (Å²) in [6.07, 6.45) is 9.07. The van der Waals surface area contributed by atoms with Crippen LogP contribution in [0.1, 0.15) is 59.3 Å². The SMILES string of the molecule is CC(C)(C)NCCCC1CC2CCC1C2. The van der Waals surface area contributed by atoms with Crippen molar-refractivity contribution in [2.24, 2.45) is 17.8 Å².